The van der Waals surface area contributed by atoms with Crippen molar-refractivity contribution in [1.82, 2.24) is 9.88 Å². The van der Waals surface area contributed by atoms with Crippen molar-refractivity contribution in [3.05, 3.63) is 52.3 Å². The minimum Gasteiger partial charge on any atom is -0.459 e. The monoisotopic (exact) mass is 421 g/mol. The molecule has 0 unspecified atom stereocenters. The van der Waals surface area contributed by atoms with Crippen molar-refractivity contribution in [3.8, 4) is 0 Å². The molecular weight excluding hydrogens is 394 g/mol. The van der Waals surface area contributed by atoms with Gasteiger partial charge in [0.1, 0.15) is 5.69 Å². The topological polar surface area (TPSA) is 123 Å². The largest absolute Gasteiger partial charge is 0.459 e. The van der Waals surface area contributed by atoms with E-state index in [4.69, 9.17) is 9.88 Å². The van der Waals surface area contributed by atoms with E-state index in [1.807, 2.05) is 6.92 Å². The van der Waals surface area contributed by atoms with Gasteiger partial charge in [-0.05, 0) is 57.9 Å². The van der Waals surface area contributed by atoms with Crippen molar-refractivity contribution in [2.24, 2.45) is 5.14 Å². The van der Waals surface area contributed by atoms with Gasteiger partial charge < -0.3 is 14.6 Å². The zero-order valence-electron chi connectivity index (χ0n) is 17.4. The molecule has 0 saturated carbocycles. The third-order valence-corrected chi connectivity index (χ3v) is 5.72. The highest BCUT2D eigenvalue weighted by Gasteiger charge is 2.27. The van der Waals surface area contributed by atoms with E-state index in [1.54, 1.807) is 46.9 Å². The number of amides is 1. The Morgan fingerprint density at radius 1 is 1.10 bits per heavy atom. The van der Waals surface area contributed by atoms with E-state index in [0.717, 1.165) is 5.56 Å². The molecule has 0 aliphatic rings. The number of aromatic amines is 1. The molecule has 1 atom stereocenters. The molecule has 0 bridgehead atoms. The number of benzene rings is 1. The summed E-state index contributed by atoms with van der Waals surface area (Å²) < 4.78 is 28.1. The lowest BCUT2D eigenvalue weighted by molar-refractivity contribution is 0.0376. The molecule has 8 nitrogen and oxygen atoms in total. The molecular formula is C20H27N3O5S. The highest BCUT2D eigenvalue weighted by molar-refractivity contribution is 7.89. The number of rotatable bonds is 6. The Bertz CT molecular complexity index is 1020. The quantitative estimate of drug-likeness (QED) is 0.694. The summed E-state index contributed by atoms with van der Waals surface area (Å²) in [4.78, 5) is 29.9. The molecule has 1 aromatic carbocycles. The number of nitrogens with two attached hydrogens (primary N) is 1. The van der Waals surface area contributed by atoms with Gasteiger partial charge in [0.25, 0.3) is 5.91 Å². The van der Waals surface area contributed by atoms with Crippen LogP contribution in [-0.4, -0.2) is 43.3 Å². The molecule has 2 aromatic rings. The van der Waals surface area contributed by atoms with E-state index in [9.17, 15) is 18.0 Å². The Kier molecular flexibility index (Phi) is 6.54. The standard InChI is InChI=1S/C20H27N3O5S/c1-11(2)28-20(25)17-12(3)18(22-13(17)4)19(24)23(6)14(5)15-7-9-16(10-8-15)29(21,26)27/h7-11,14,22H,1-6H3,(H2,21,26,27)/t14-/m0/s1. The fraction of sp³-hybridized carbons (Fsp3) is 0.400. The molecule has 29 heavy (non-hydrogen) atoms. The maximum absolute atomic E-state index is 13.0. The lowest BCUT2D eigenvalue weighted by atomic mass is 10.1. The fourth-order valence-electron chi connectivity index (χ4n) is 3.05. The van der Waals surface area contributed by atoms with E-state index in [2.05, 4.69) is 4.98 Å². The van der Waals surface area contributed by atoms with E-state index >= 15 is 0 Å². The van der Waals surface area contributed by atoms with E-state index in [0.29, 0.717) is 22.5 Å². The number of primary sulfonamides is 1. The van der Waals surface area contributed by atoms with Gasteiger partial charge in [0.2, 0.25) is 10.0 Å². The zero-order chi connectivity index (χ0) is 22.1. The number of aryl methyl sites for hydroxylation is 1. The second kappa shape index (κ2) is 8.38. The zero-order valence-corrected chi connectivity index (χ0v) is 18.3. The van der Waals surface area contributed by atoms with Crippen LogP contribution in [0.25, 0.3) is 0 Å². The van der Waals surface area contributed by atoms with Crippen LogP contribution in [-0.2, 0) is 14.8 Å². The Balaban J connectivity index is 2.29. The van der Waals surface area contributed by atoms with Gasteiger partial charge in [-0.1, -0.05) is 12.1 Å². The van der Waals surface area contributed by atoms with Crippen molar-refractivity contribution in [3.63, 3.8) is 0 Å². The second-order valence-corrected chi connectivity index (χ2v) is 8.85. The van der Waals surface area contributed by atoms with Crippen LogP contribution in [0.5, 0.6) is 0 Å². The number of ether oxygens (including phenoxy) is 1. The van der Waals surface area contributed by atoms with Crippen molar-refractivity contribution in [1.29, 1.82) is 0 Å². The number of nitrogens with zero attached hydrogens (tertiary/aromatic N) is 1. The smallest absolute Gasteiger partial charge is 0.340 e. The Morgan fingerprint density at radius 3 is 2.14 bits per heavy atom. The number of aromatic nitrogens is 1. The van der Waals surface area contributed by atoms with E-state index in [1.165, 1.54) is 17.0 Å². The third-order valence-electron chi connectivity index (χ3n) is 4.79. The van der Waals surface area contributed by atoms with E-state index in [-0.39, 0.29) is 22.9 Å². The summed E-state index contributed by atoms with van der Waals surface area (Å²) in [5.41, 5.74) is 2.51. The van der Waals surface area contributed by atoms with Crippen LogP contribution >= 0.6 is 0 Å². The number of H-pyrrole nitrogens is 1. The minimum atomic E-state index is -3.78. The van der Waals surface area contributed by atoms with Crippen LogP contribution in [0.2, 0.25) is 0 Å². The Morgan fingerprint density at radius 2 is 1.66 bits per heavy atom. The molecule has 9 heteroatoms. The molecule has 1 heterocycles. The number of nitrogens with one attached hydrogen (secondary N) is 1. The maximum Gasteiger partial charge on any atom is 0.340 e. The molecule has 0 radical (unpaired) electrons. The SMILES string of the molecule is Cc1[nH]c(C(=O)N(C)[C@@H](C)c2ccc(S(N)(=O)=O)cc2)c(C)c1C(=O)OC(C)C. The average molecular weight is 422 g/mol. The minimum absolute atomic E-state index is 0.00609. The van der Waals surface area contributed by atoms with Gasteiger partial charge in [-0.15, -0.1) is 0 Å². The van der Waals surface area contributed by atoms with Crippen molar-refractivity contribution >= 4 is 21.9 Å². The molecule has 0 fully saturated rings. The molecule has 0 aliphatic carbocycles. The summed E-state index contributed by atoms with van der Waals surface area (Å²) >= 11 is 0. The molecule has 158 valence electrons. The molecule has 1 aromatic heterocycles. The van der Waals surface area contributed by atoms with Crippen LogP contribution in [0.1, 0.15) is 64.5 Å². The molecule has 1 amide bonds. The van der Waals surface area contributed by atoms with Gasteiger partial charge in [-0.25, -0.2) is 18.4 Å². The summed E-state index contributed by atoms with van der Waals surface area (Å²) in [5, 5.41) is 5.12. The number of carbonyl (C=O) groups is 2. The summed E-state index contributed by atoms with van der Waals surface area (Å²) in [6.07, 6.45) is -0.265. The number of esters is 1. The van der Waals surface area contributed by atoms with Gasteiger partial charge in [0.05, 0.1) is 22.6 Å². The lowest BCUT2D eigenvalue weighted by Gasteiger charge is -2.25. The molecule has 3 N–H and O–H groups in total. The second-order valence-electron chi connectivity index (χ2n) is 7.29. The molecule has 0 spiro atoms. The lowest BCUT2D eigenvalue weighted by Crippen LogP contribution is -2.30. The average Bonchev–Trinajstić information content (AvgIpc) is 2.93. The summed E-state index contributed by atoms with van der Waals surface area (Å²) in [7, 11) is -2.14. The predicted octanol–water partition coefficient (Wildman–Crippen LogP) is 2.68. The first-order valence-electron chi connectivity index (χ1n) is 9.14. The van der Waals surface area contributed by atoms with Gasteiger partial charge in [-0.2, -0.15) is 0 Å². The summed E-state index contributed by atoms with van der Waals surface area (Å²) in [6, 6.07) is 5.71. The highest BCUT2D eigenvalue weighted by atomic mass is 32.2. The van der Waals surface area contributed by atoms with Gasteiger partial charge in [0, 0.05) is 12.7 Å². The van der Waals surface area contributed by atoms with Crippen LogP contribution in [0.4, 0.5) is 0 Å². The Labute approximate surface area is 171 Å². The van der Waals surface area contributed by atoms with Crippen molar-refractivity contribution in [2.45, 2.75) is 51.7 Å². The first-order valence-corrected chi connectivity index (χ1v) is 10.7. The van der Waals surface area contributed by atoms with Crippen LogP contribution in [0, 0.1) is 13.8 Å². The molecule has 0 aliphatic heterocycles. The summed E-state index contributed by atoms with van der Waals surface area (Å²) in [5.74, 6) is -0.767. The Hall–Kier alpha value is -2.65. The van der Waals surface area contributed by atoms with Crippen LogP contribution in [0.3, 0.4) is 0 Å². The molecule has 2 rings (SSSR count). The predicted molar refractivity (Wildman–Crippen MR) is 109 cm³/mol. The van der Waals surface area contributed by atoms with Crippen molar-refractivity contribution < 1.29 is 22.7 Å². The van der Waals surface area contributed by atoms with Gasteiger partial charge in [0.15, 0.2) is 0 Å². The maximum atomic E-state index is 13.0. The van der Waals surface area contributed by atoms with E-state index < -0.39 is 16.0 Å². The number of sulfonamides is 1. The summed E-state index contributed by atoms with van der Waals surface area (Å²) in [6.45, 7) is 8.77. The fourth-order valence-corrected chi connectivity index (χ4v) is 3.57. The van der Waals surface area contributed by atoms with Crippen LogP contribution < -0.4 is 5.14 Å². The number of hydrogen-bond donors (Lipinski definition) is 2. The number of hydrogen-bond acceptors (Lipinski definition) is 5. The third kappa shape index (κ3) is 4.86. The van der Waals surface area contributed by atoms with Crippen LogP contribution in [0.15, 0.2) is 29.2 Å². The molecule has 0 saturated heterocycles. The normalized spacial score (nSPS) is 12.7. The van der Waals surface area contributed by atoms with Gasteiger partial charge in [-0.3, -0.25) is 4.79 Å². The number of carbonyl (C=O) groups excluding carboxylic acids is 2. The first kappa shape index (κ1) is 22.6. The highest BCUT2D eigenvalue weighted by Crippen LogP contribution is 2.25. The van der Waals surface area contributed by atoms with Gasteiger partial charge >= 0.3 is 5.97 Å². The van der Waals surface area contributed by atoms with Crippen molar-refractivity contribution in [2.75, 3.05) is 7.05 Å². The first-order chi connectivity index (χ1) is 13.3.